The Kier molecular flexibility index (Phi) is 7.04. The number of carbonyl (C=O) groups excluding carboxylic acids is 1. The molecule has 1 aromatic carbocycles. The van der Waals surface area contributed by atoms with Gasteiger partial charge in [0.1, 0.15) is 5.75 Å². The van der Waals surface area contributed by atoms with Crippen molar-refractivity contribution in [3.05, 3.63) is 58.9 Å². The number of nitrogens with one attached hydrogen (secondary N) is 2. The van der Waals surface area contributed by atoms with Gasteiger partial charge in [0.15, 0.2) is 0 Å². The van der Waals surface area contributed by atoms with E-state index in [4.69, 9.17) is 16.3 Å². The molecule has 2 heterocycles. The van der Waals surface area contributed by atoms with E-state index in [1.165, 1.54) is 5.56 Å². The second kappa shape index (κ2) is 9.69. The van der Waals surface area contributed by atoms with E-state index >= 15 is 0 Å². The summed E-state index contributed by atoms with van der Waals surface area (Å²) in [5, 5.41) is 6.95. The van der Waals surface area contributed by atoms with Crippen LogP contribution in [0.4, 0.5) is 0 Å². The molecule has 1 atom stereocenters. The van der Waals surface area contributed by atoms with Gasteiger partial charge in [0, 0.05) is 57.6 Å². The predicted octanol–water partition coefficient (Wildman–Crippen LogP) is 2.22. The summed E-state index contributed by atoms with van der Waals surface area (Å²) in [5.41, 5.74) is 2.14. The fraction of sp³-hybridized carbons (Fsp3) is 0.400. The fourth-order valence-electron chi connectivity index (χ4n) is 3.24. The van der Waals surface area contributed by atoms with Crippen LogP contribution in [0.25, 0.3) is 0 Å². The maximum Gasteiger partial charge on any atom is 0.221 e. The van der Waals surface area contributed by atoms with Gasteiger partial charge in [-0.05, 0) is 29.3 Å². The molecule has 2 N–H and O–H groups in total. The zero-order valence-electron chi connectivity index (χ0n) is 15.5. The largest absolute Gasteiger partial charge is 0.495 e. The molecule has 6 nitrogen and oxygen atoms in total. The Hall–Kier alpha value is -2.15. The first-order chi connectivity index (χ1) is 13.1. The van der Waals surface area contributed by atoms with Crippen LogP contribution < -0.4 is 15.4 Å². The molecule has 1 amide bonds. The van der Waals surface area contributed by atoms with E-state index in [2.05, 4.69) is 26.6 Å². The number of hydrogen-bond acceptors (Lipinski definition) is 5. The normalized spacial score (nSPS) is 17.5. The summed E-state index contributed by atoms with van der Waals surface area (Å²) in [6.07, 6.45) is 4.13. The topological polar surface area (TPSA) is 66.5 Å². The van der Waals surface area contributed by atoms with E-state index in [0.29, 0.717) is 23.7 Å². The molecule has 1 saturated heterocycles. The van der Waals surface area contributed by atoms with Gasteiger partial charge in [-0.2, -0.15) is 0 Å². The second-order valence-corrected chi connectivity index (χ2v) is 7.10. The molecule has 0 saturated carbocycles. The Bertz CT molecular complexity index is 757. The zero-order chi connectivity index (χ0) is 19.1. The summed E-state index contributed by atoms with van der Waals surface area (Å²) < 4.78 is 5.14. The fourth-order valence-corrected chi connectivity index (χ4v) is 3.52. The molecule has 1 unspecified atom stereocenters. The highest BCUT2D eigenvalue weighted by atomic mass is 35.5. The van der Waals surface area contributed by atoms with Crippen LogP contribution in [0.15, 0.2) is 42.7 Å². The monoisotopic (exact) mass is 388 g/mol. The third-order valence-corrected chi connectivity index (χ3v) is 4.90. The number of rotatable bonds is 7. The number of ether oxygens (including phenoxy) is 1. The number of benzene rings is 1. The van der Waals surface area contributed by atoms with Crippen LogP contribution in [-0.2, 0) is 17.9 Å². The third-order valence-electron chi connectivity index (χ3n) is 4.61. The van der Waals surface area contributed by atoms with Gasteiger partial charge in [-0.3, -0.25) is 14.7 Å². The van der Waals surface area contributed by atoms with Gasteiger partial charge < -0.3 is 15.4 Å². The van der Waals surface area contributed by atoms with Crippen molar-refractivity contribution in [3.8, 4) is 5.75 Å². The van der Waals surface area contributed by atoms with Crippen molar-refractivity contribution < 1.29 is 9.53 Å². The number of pyridine rings is 1. The lowest BCUT2D eigenvalue weighted by molar-refractivity contribution is -0.122. The average molecular weight is 389 g/mol. The van der Waals surface area contributed by atoms with Crippen LogP contribution in [0, 0.1) is 0 Å². The predicted molar refractivity (Wildman–Crippen MR) is 106 cm³/mol. The molecule has 3 rings (SSSR count). The van der Waals surface area contributed by atoms with Crippen molar-refractivity contribution in [2.24, 2.45) is 0 Å². The summed E-state index contributed by atoms with van der Waals surface area (Å²) in [7, 11) is 1.58. The van der Waals surface area contributed by atoms with Crippen LogP contribution in [0.2, 0.25) is 5.02 Å². The second-order valence-electron chi connectivity index (χ2n) is 6.70. The lowest BCUT2D eigenvalue weighted by atomic mass is 10.1. The highest BCUT2D eigenvalue weighted by molar-refractivity contribution is 6.32. The molecule has 0 radical (unpaired) electrons. The number of aromatic nitrogens is 1. The molecule has 1 aliphatic rings. The Morgan fingerprint density at radius 3 is 3.04 bits per heavy atom. The van der Waals surface area contributed by atoms with Crippen LogP contribution in [0.1, 0.15) is 17.5 Å². The quantitative estimate of drug-likeness (QED) is 0.761. The Labute approximate surface area is 164 Å². The summed E-state index contributed by atoms with van der Waals surface area (Å²) in [6, 6.07) is 9.71. The van der Waals surface area contributed by atoms with Crippen molar-refractivity contribution in [1.82, 2.24) is 20.5 Å². The molecule has 1 aliphatic heterocycles. The first kappa shape index (κ1) is 19.6. The van der Waals surface area contributed by atoms with Crippen molar-refractivity contribution >= 4 is 17.5 Å². The minimum absolute atomic E-state index is 0.0302. The Morgan fingerprint density at radius 2 is 2.30 bits per heavy atom. The smallest absolute Gasteiger partial charge is 0.221 e. The van der Waals surface area contributed by atoms with Gasteiger partial charge in [-0.1, -0.05) is 23.7 Å². The molecule has 27 heavy (non-hydrogen) atoms. The number of amides is 1. The van der Waals surface area contributed by atoms with E-state index < -0.39 is 0 Å². The molecule has 7 heteroatoms. The van der Waals surface area contributed by atoms with E-state index in [9.17, 15) is 4.79 Å². The van der Waals surface area contributed by atoms with Crippen molar-refractivity contribution in [2.75, 3.05) is 26.7 Å². The van der Waals surface area contributed by atoms with E-state index in [1.54, 1.807) is 13.3 Å². The van der Waals surface area contributed by atoms with Crippen LogP contribution >= 0.6 is 11.6 Å². The van der Waals surface area contributed by atoms with E-state index in [1.807, 2.05) is 30.5 Å². The van der Waals surface area contributed by atoms with E-state index in [-0.39, 0.29) is 11.9 Å². The summed E-state index contributed by atoms with van der Waals surface area (Å²) in [4.78, 5) is 18.8. The minimum Gasteiger partial charge on any atom is -0.495 e. The minimum atomic E-state index is 0.0302. The van der Waals surface area contributed by atoms with Crippen molar-refractivity contribution in [1.29, 1.82) is 0 Å². The summed E-state index contributed by atoms with van der Waals surface area (Å²) in [6.45, 7) is 4.01. The van der Waals surface area contributed by atoms with Gasteiger partial charge in [0.05, 0.1) is 12.1 Å². The zero-order valence-corrected chi connectivity index (χ0v) is 16.2. The number of halogens is 1. The van der Waals surface area contributed by atoms with Gasteiger partial charge >= 0.3 is 0 Å². The lowest BCUT2D eigenvalue weighted by Crippen LogP contribution is -2.51. The molecular weight excluding hydrogens is 364 g/mol. The molecule has 1 fully saturated rings. The summed E-state index contributed by atoms with van der Waals surface area (Å²) in [5.74, 6) is 0.662. The molecule has 0 bridgehead atoms. The number of hydrogen-bond donors (Lipinski definition) is 2. The molecule has 0 aliphatic carbocycles. The van der Waals surface area contributed by atoms with Crippen molar-refractivity contribution in [3.63, 3.8) is 0 Å². The number of carbonyl (C=O) groups is 1. The first-order valence-corrected chi connectivity index (χ1v) is 9.45. The van der Waals surface area contributed by atoms with Crippen molar-refractivity contribution in [2.45, 2.75) is 25.6 Å². The maximum absolute atomic E-state index is 12.3. The highest BCUT2D eigenvalue weighted by Gasteiger charge is 2.21. The molecule has 144 valence electrons. The number of nitrogens with zero attached hydrogens (tertiary/aromatic N) is 2. The third kappa shape index (κ3) is 5.92. The maximum atomic E-state index is 12.3. The molecule has 0 spiro atoms. The SMILES string of the molecule is COc1ccc(CNC(=O)CC2CN(Cc3cccnc3)CCN2)cc1Cl. The van der Waals surface area contributed by atoms with Gasteiger partial charge in [0.2, 0.25) is 5.91 Å². The van der Waals surface area contributed by atoms with Gasteiger partial charge in [-0.25, -0.2) is 0 Å². The summed E-state index contributed by atoms with van der Waals surface area (Å²) >= 11 is 6.13. The molecule has 2 aromatic rings. The Balaban J connectivity index is 1.45. The molecule has 1 aromatic heterocycles. The average Bonchev–Trinajstić information content (AvgIpc) is 2.67. The highest BCUT2D eigenvalue weighted by Crippen LogP contribution is 2.24. The molecular formula is C20H25ClN4O2. The van der Waals surface area contributed by atoms with Crippen LogP contribution in [0.3, 0.4) is 0 Å². The standard InChI is InChI=1S/C20H25ClN4O2/c1-27-19-5-4-15(9-18(19)21)12-24-20(26)10-17-14-25(8-7-23-17)13-16-3-2-6-22-11-16/h2-6,9,11,17,23H,7-8,10,12-14H2,1H3,(H,24,26). The number of piperazine rings is 1. The Morgan fingerprint density at radius 1 is 1.41 bits per heavy atom. The van der Waals surface area contributed by atoms with Crippen LogP contribution in [0.5, 0.6) is 5.75 Å². The number of methoxy groups -OCH3 is 1. The van der Waals surface area contributed by atoms with Crippen LogP contribution in [-0.4, -0.2) is 48.6 Å². The first-order valence-electron chi connectivity index (χ1n) is 9.08. The van der Waals surface area contributed by atoms with Gasteiger partial charge in [0.25, 0.3) is 0 Å². The van der Waals surface area contributed by atoms with E-state index in [0.717, 1.165) is 31.7 Å². The van der Waals surface area contributed by atoms with Gasteiger partial charge in [-0.15, -0.1) is 0 Å². The lowest BCUT2D eigenvalue weighted by Gasteiger charge is -2.33.